The SMILES string of the molecule is O=C(NOC1CCCCO1)C1(n2nccn2)CC1. The molecule has 1 unspecified atom stereocenters. The largest absolute Gasteiger partial charge is 0.350 e. The van der Waals surface area contributed by atoms with E-state index in [-0.39, 0.29) is 12.2 Å². The molecule has 0 aromatic carbocycles. The summed E-state index contributed by atoms with van der Waals surface area (Å²) in [6.45, 7) is 0.687. The quantitative estimate of drug-likeness (QED) is 0.782. The molecule has 0 radical (unpaired) electrons. The van der Waals surface area contributed by atoms with Crippen LogP contribution in [0.3, 0.4) is 0 Å². The Labute approximate surface area is 104 Å². The summed E-state index contributed by atoms with van der Waals surface area (Å²) in [6.07, 6.45) is 7.21. The molecule has 0 spiro atoms. The van der Waals surface area contributed by atoms with Crippen LogP contribution in [0.1, 0.15) is 32.1 Å². The van der Waals surface area contributed by atoms with E-state index in [1.54, 1.807) is 12.4 Å². The van der Waals surface area contributed by atoms with Gasteiger partial charge in [-0.25, -0.2) is 10.3 Å². The van der Waals surface area contributed by atoms with E-state index in [0.29, 0.717) is 6.61 Å². The van der Waals surface area contributed by atoms with Gasteiger partial charge in [0.15, 0.2) is 11.8 Å². The Morgan fingerprint density at radius 3 is 2.78 bits per heavy atom. The molecular weight excluding hydrogens is 236 g/mol. The van der Waals surface area contributed by atoms with E-state index in [2.05, 4.69) is 15.7 Å². The van der Waals surface area contributed by atoms with Crippen molar-refractivity contribution in [2.24, 2.45) is 0 Å². The number of hydrogen-bond donors (Lipinski definition) is 1. The molecule has 18 heavy (non-hydrogen) atoms. The minimum absolute atomic E-state index is 0.201. The van der Waals surface area contributed by atoms with E-state index in [0.717, 1.165) is 32.1 Å². The minimum Gasteiger partial charge on any atom is -0.350 e. The third kappa shape index (κ3) is 2.11. The van der Waals surface area contributed by atoms with Crippen molar-refractivity contribution in [1.82, 2.24) is 20.5 Å². The highest BCUT2D eigenvalue weighted by Crippen LogP contribution is 2.42. The second kappa shape index (κ2) is 4.66. The molecule has 1 amide bonds. The summed E-state index contributed by atoms with van der Waals surface area (Å²) in [5, 5.41) is 8.05. The number of ether oxygens (including phenoxy) is 1. The zero-order chi connectivity index (χ0) is 12.4. The van der Waals surface area contributed by atoms with E-state index in [1.807, 2.05) is 0 Å². The van der Waals surface area contributed by atoms with E-state index in [9.17, 15) is 4.79 Å². The lowest BCUT2D eigenvalue weighted by atomic mass is 10.2. The molecule has 1 aliphatic heterocycles. The highest BCUT2D eigenvalue weighted by molar-refractivity contribution is 5.86. The molecular formula is C11H16N4O3. The Kier molecular flexibility index (Phi) is 3.00. The highest BCUT2D eigenvalue weighted by Gasteiger charge is 2.54. The normalized spacial score (nSPS) is 25.7. The van der Waals surface area contributed by atoms with Crippen molar-refractivity contribution in [2.75, 3.05) is 6.61 Å². The van der Waals surface area contributed by atoms with Crippen molar-refractivity contribution in [1.29, 1.82) is 0 Å². The molecule has 1 aromatic rings. The molecule has 2 heterocycles. The first-order valence-electron chi connectivity index (χ1n) is 6.26. The molecule has 7 nitrogen and oxygen atoms in total. The Morgan fingerprint density at radius 1 is 1.39 bits per heavy atom. The maximum absolute atomic E-state index is 12.1. The number of aromatic nitrogens is 3. The lowest BCUT2D eigenvalue weighted by molar-refractivity contribution is -0.202. The van der Waals surface area contributed by atoms with Crippen LogP contribution in [0.4, 0.5) is 0 Å². The van der Waals surface area contributed by atoms with Crippen LogP contribution in [-0.4, -0.2) is 33.8 Å². The van der Waals surface area contributed by atoms with Gasteiger partial charge in [-0.3, -0.25) is 4.79 Å². The Hall–Kier alpha value is -1.47. The second-order valence-electron chi connectivity index (χ2n) is 4.70. The monoisotopic (exact) mass is 252 g/mol. The van der Waals surface area contributed by atoms with Gasteiger partial charge in [-0.1, -0.05) is 0 Å². The van der Waals surface area contributed by atoms with Gasteiger partial charge in [0.05, 0.1) is 12.4 Å². The number of hydrogen-bond acceptors (Lipinski definition) is 5. The summed E-state index contributed by atoms with van der Waals surface area (Å²) in [5.74, 6) is -0.201. The molecule has 2 aliphatic rings. The van der Waals surface area contributed by atoms with Crippen molar-refractivity contribution in [3.63, 3.8) is 0 Å². The average Bonchev–Trinajstić information content (AvgIpc) is 3.05. The molecule has 1 atom stereocenters. The number of nitrogens with one attached hydrogen (secondary N) is 1. The van der Waals surface area contributed by atoms with E-state index in [4.69, 9.17) is 9.57 Å². The lowest BCUT2D eigenvalue weighted by Gasteiger charge is -2.23. The molecule has 7 heteroatoms. The van der Waals surface area contributed by atoms with Gasteiger partial charge in [-0.2, -0.15) is 15.0 Å². The van der Waals surface area contributed by atoms with Crippen molar-refractivity contribution < 1.29 is 14.4 Å². The fraction of sp³-hybridized carbons (Fsp3) is 0.727. The Bertz CT molecular complexity index is 410. The summed E-state index contributed by atoms with van der Waals surface area (Å²) in [6, 6.07) is 0. The first kappa shape index (κ1) is 11.6. The summed E-state index contributed by atoms with van der Waals surface area (Å²) < 4.78 is 5.38. The van der Waals surface area contributed by atoms with Crippen molar-refractivity contribution >= 4 is 5.91 Å². The summed E-state index contributed by atoms with van der Waals surface area (Å²) in [7, 11) is 0. The molecule has 0 bridgehead atoms. The smallest absolute Gasteiger partial charge is 0.273 e. The predicted molar refractivity (Wildman–Crippen MR) is 60.0 cm³/mol. The van der Waals surface area contributed by atoms with Gasteiger partial charge >= 0.3 is 0 Å². The third-order valence-corrected chi connectivity index (χ3v) is 3.37. The summed E-state index contributed by atoms with van der Waals surface area (Å²) in [5.41, 5.74) is 1.82. The second-order valence-corrected chi connectivity index (χ2v) is 4.70. The molecule has 1 aliphatic carbocycles. The maximum Gasteiger partial charge on any atom is 0.273 e. The first-order valence-corrected chi connectivity index (χ1v) is 6.26. The topological polar surface area (TPSA) is 78.3 Å². The zero-order valence-electron chi connectivity index (χ0n) is 10.0. The Morgan fingerprint density at radius 2 is 2.17 bits per heavy atom. The van der Waals surface area contributed by atoms with Gasteiger partial charge in [0.2, 0.25) is 0 Å². The molecule has 98 valence electrons. The van der Waals surface area contributed by atoms with Gasteiger partial charge in [0, 0.05) is 13.0 Å². The lowest BCUT2D eigenvalue weighted by Crippen LogP contribution is -2.42. The van der Waals surface area contributed by atoms with Gasteiger partial charge in [-0.15, -0.1) is 0 Å². The summed E-state index contributed by atoms with van der Waals surface area (Å²) in [4.78, 5) is 18.8. The van der Waals surface area contributed by atoms with Crippen molar-refractivity contribution in [2.45, 2.75) is 43.9 Å². The number of carbonyl (C=O) groups excluding carboxylic acids is 1. The summed E-state index contributed by atoms with van der Waals surface area (Å²) >= 11 is 0. The van der Waals surface area contributed by atoms with Crippen LogP contribution < -0.4 is 5.48 Å². The third-order valence-electron chi connectivity index (χ3n) is 3.37. The molecule has 1 aromatic heterocycles. The number of rotatable bonds is 4. The molecule has 1 N–H and O–H groups in total. The van der Waals surface area contributed by atoms with Crippen LogP contribution in [0.2, 0.25) is 0 Å². The number of amides is 1. The maximum atomic E-state index is 12.1. The van der Waals surface area contributed by atoms with Crippen LogP contribution in [0, 0.1) is 0 Å². The molecule has 2 fully saturated rings. The standard InChI is InChI=1S/C11H16N4O3/c16-10(14-18-9-3-1-2-8-17-9)11(4-5-11)15-12-6-7-13-15/h6-7,9H,1-5,8H2,(H,14,16). The van der Waals surface area contributed by atoms with E-state index >= 15 is 0 Å². The van der Waals surface area contributed by atoms with E-state index < -0.39 is 5.54 Å². The predicted octanol–water partition coefficient (Wildman–Crippen LogP) is 0.342. The molecule has 3 rings (SSSR count). The van der Waals surface area contributed by atoms with Crippen LogP contribution >= 0.6 is 0 Å². The fourth-order valence-corrected chi connectivity index (χ4v) is 2.09. The van der Waals surface area contributed by atoms with Crippen LogP contribution in [0.25, 0.3) is 0 Å². The van der Waals surface area contributed by atoms with Gasteiger partial charge in [-0.05, 0) is 25.7 Å². The number of carbonyl (C=O) groups is 1. The van der Waals surface area contributed by atoms with Crippen LogP contribution in [-0.2, 0) is 19.9 Å². The van der Waals surface area contributed by atoms with Crippen molar-refractivity contribution in [3.05, 3.63) is 12.4 Å². The van der Waals surface area contributed by atoms with Gasteiger partial charge in [0.25, 0.3) is 5.91 Å². The fourth-order valence-electron chi connectivity index (χ4n) is 2.09. The highest BCUT2D eigenvalue weighted by atomic mass is 16.8. The van der Waals surface area contributed by atoms with Crippen LogP contribution in [0.5, 0.6) is 0 Å². The van der Waals surface area contributed by atoms with E-state index in [1.165, 1.54) is 4.80 Å². The number of nitrogens with zero attached hydrogens (tertiary/aromatic N) is 3. The molecule has 1 saturated carbocycles. The number of hydroxylamine groups is 1. The van der Waals surface area contributed by atoms with Gasteiger partial charge in [0.1, 0.15) is 0 Å². The van der Waals surface area contributed by atoms with Crippen molar-refractivity contribution in [3.8, 4) is 0 Å². The minimum atomic E-state index is -0.655. The zero-order valence-corrected chi connectivity index (χ0v) is 10.0. The van der Waals surface area contributed by atoms with Gasteiger partial charge < -0.3 is 4.74 Å². The average molecular weight is 252 g/mol. The Balaban J connectivity index is 1.55. The first-order chi connectivity index (χ1) is 8.81. The molecule has 1 saturated heterocycles. The van der Waals surface area contributed by atoms with Crippen LogP contribution in [0.15, 0.2) is 12.4 Å².